The normalized spacial score (nSPS) is 17.2. The number of para-hydroxylation sites is 1. The van der Waals surface area contributed by atoms with E-state index >= 15 is 0 Å². The average Bonchev–Trinajstić information content (AvgIpc) is 2.40. The van der Waals surface area contributed by atoms with Crippen LogP contribution in [0.5, 0.6) is 0 Å². The Hall–Kier alpha value is -1.92. The van der Waals surface area contributed by atoms with E-state index in [4.69, 9.17) is 0 Å². The van der Waals surface area contributed by atoms with Gasteiger partial charge in [0.2, 0.25) is 10.0 Å². The number of rotatable bonds is 1. The fraction of sp³-hybridized carbons (Fsp3) is 0.0833. The molecule has 1 aromatic heterocycles. The number of sulfonamides is 1. The molecule has 0 saturated heterocycles. The zero-order chi connectivity index (χ0) is 12.6. The van der Waals surface area contributed by atoms with Gasteiger partial charge >= 0.3 is 0 Å². The molecule has 1 aliphatic heterocycles. The maximum atomic E-state index is 11.9. The lowest BCUT2D eigenvalue weighted by atomic mass is 10.3. The second-order valence-electron chi connectivity index (χ2n) is 3.89. The third kappa shape index (κ3) is 1.75. The van der Waals surface area contributed by atoms with Gasteiger partial charge < -0.3 is 4.90 Å². The molecule has 6 heteroatoms. The van der Waals surface area contributed by atoms with Crippen LogP contribution in [0, 0.1) is 0 Å². The number of hydrogen-bond donors (Lipinski definition) is 1. The van der Waals surface area contributed by atoms with E-state index in [9.17, 15) is 8.42 Å². The number of aromatic nitrogens is 1. The summed E-state index contributed by atoms with van der Waals surface area (Å²) in [5.74, 6) is 0.461. The van der Waals surface area contributed by atoms with Crippen LogP contribution in [-0.2, 0) is 10.0 Å². The van der Waals surface area contributed by atoms with E-state index in [2.05, 4.69) is 9.71 Å². The molecule has 0 fully saturated rings. The first-order valence-corrected chi connectivity index (χ1v) is 6.94. The van der Waals surface area contributed by atoms with Crippen LogP contribution in [0.2, 0.25) is 0 Å². The highest BCUT2D eigenvalue weighted by atomic mass is 32.2. The Balaban J connectivity index is 2.16. The number of nitrogens with zero attached hydrogens (tertiary/aromatic N) is 2. The number of fused-ring (bicyclic) bond motifs is 1. The summed E-state index contributed by atoms with van der Waals surface area (Å²) in [5, 5.41) is 0. The van der Waals surface area contributed by atoms with Crippen LogP contribution in [0.15, 0.2) is 53.6 Å². The number of nitrogens with one attached hydrogen (secondary N) is 1. The molecule has 0 bridgehead atoms. The van der Waals surface area contributed by atoms with Gasteiger partial charge in [-0.25, -0.2) is 13.4 Å². The maximum Gasteiger partial charge on any atom is 0.245 e. The third-order valence-corrected chi connectivity index (χ3v) is 4.18. The zero-order valence-corrected chi connectivity index (χ0v) is 10.3. The van der Waals surface area contributed by atoms with Gasteiger partial charge in [-0.15, -0.1) is 0 Å². The highest BCUT2D eigenvalue weighted by molar-refractivity contribution is 7.89. The summed E-state index contributed by atoms with van der Waals surface area (Å²) in [7, 11) is -3.44. The number of pyridine rings is 1. The van der Waals surface area contributed by atoms with E-state index in [1.807, 2.05) is 35.2 Å². The molecule has 0 amide bonds. The van der Waals surface area contributed by atoms with Gasteiger partial charge in [-0.2, -0.15) is 4.72 Å². The molecule has 0 unspecified atom stereocenters. The van der Waals surface area contributed by atoms with Crippen LogP contribution in [-0.4, -0.2) is 20.1 Å². The van der Waals surface area contributed by atoms with Crippen LogP contribution in [0.4, 0.5) is 11.5 Å². The van der Waals surface area contributed by atoms with Crippen LogP contribution >= 0.6 is 0 Å². The maximum absolute atomic E-state index is 11.9. The summed E-state index contributed by atoms with van der Waals surface area (Å²) in [5.41, 5.74) is 0.903. The first-order chi connectivity index (χ1) is 8.68. The number of benzene rings is 1. The highest BCUT2D eigenvalue weighted by Gasteiger charge is 2.29. The van der Waals surface area contributed by atoms with Crippen molar-refractivity contribution in [3.63, 3.8) is 0 Å². The van der Waals surface area contributed by atoms with E-state index in [0.29, 0.717) is 5.82 Å². The Morgan fingerprint density at radius 3 is 2.67 bits per heavy atom. The molecule has 18 heavy (non-hydrogen) atoms. The third-order valence-electron chi connectivity index (χ3n) is 2.78. The molecule has 1 aromatic carbocycles. The van der Waals surface area contributed by atoms with Crippen molar-refractivity contribution >= 4 is 21.5 Å². The molecule has 2 aromatic rings. The van der Waals surface area contributed by atoms with Crippen LogP contribution in [0.25, 0.3) is 0 Å². The van der Waals surface area contributed by atoms with E-state index in [-0.39, 0.29) is 11.6 Å². The van der Waals surface area contributed by atoms with Crippen molar-refractivity contribution < 1.29 is 8.42 Å². The highest BCUT2D eigenvalue weighted by Crippen LogP contribution is 2.31. The molecule has 3 rings (SSSR count). The molecule has 0 aliphatic carbocycles. The first-order valence-electron chi connectivity index (χ1n) is 5.46. The van der Waals surface area contributed by atoms with Crippen molar-refractivity contribution in [1.29, 1.82) is 0 Å². The molecule has 5 nitrogen and oxygen atoms in total. The van der Waals surface area contributed by atoms with E-state index in [1.54, 1.807) is 18.3 Å². The second kappa shape index (κ2) is 4.08. The minimum Gasteiger partial charge on any atom is -0.311 e. The summed E-state index contributed by atoms with van der Waals surface area (Å²) in [6.07, 6.45) is 1.59. The number of anilines is 2. The van der Waals surface area contributed by atoms with Crippen molar-refractivity contribution in [1.82, 2.24) is 9.71 Å². The van der Waals surface area contributed by atoms with Crippen LogP contribution in [0.1, 0.15) is 0 Å². The minimum absolute atomic E-state index is 0.191. The molecule has 0 radical (unpaired) electrons. The van der Waals surface area contributed by atoms with Gasteiger partial charge in [0.1, 0.15) is 4.90 Å². The fourth-order valence-corrected chi connectivity index (χ4v) is 3.03. The Bertz CT molecular complexity index is 671. The summed E-state index contributed by atoms with van der Waals surface area (Å²) in [4.78, 5) is 6.22. The minimum atomic E-state index is -3.44. The van der Waals surface area contributed by atoms with Crippen molar-refractivity contribution in [2.24, 2.45) is 0 Å². The summed E-state index contributed by atoms with van der Waals surface area (Å²) < 4.78 is 26.3. The molecule has 2 heterocycles. The van der Waals surface area contributed by atoms with E-state index in [0.717, 1.165) is 5.69 Å². The zero-order valence-electron chi connectivity index (χ0n) is 9.45. The predicted octanol–water partition coefficient (Wildman–Crippen LogP) is 1.47. The van der Waals surface area contributed by atoms with Gasteiger partial charge in [0.25, 0.3) is 0 Å². The van der Waals surface area contributed by atoms with Gasteiger partial charge in [-0.05, 0) is 24.3 Å². The van der Waals surface area contributed by atoms with Gasteiger partial charge in [-0.3, -0.25) is 0 Å². The van der Waals surface area contributed by atoms with Crippen molar-refractivity contribution in [2.75, 3.05) is 11.6 Å². The monoisotopic (exact) mass is 261 g/mol. The lowest BCUT2D eigenvalue weighted by molar-refractivity contribution is 0.576. The van der Waals surface area contributed by atoms with Gasteiger partial charge in [-0.1, -0.05) is 18.2 Å². The lowest BCUT2D eigenvalue weighted by Crippen LogP contribution is -2.41. The van der Waals surface area contributed by atoms with Gasteiger partial charge in [0.05, 0.1) is 6.67 Å². The molecule has 1 aliphatic rings. The lowest BCUT2D eigenvalue weighted by Gasteiger charge is -2.29. The number of hydrogen-bond acceptors (Lipinski definition) is 4. The summed E-state index contributed by atoms with van der Waals surface area (Å²) in [6.45, 7) is 0.191. The summed E-state index contributed by atoms with van der Waals surface area (Å²) in [6, 6.07) is 12.7. The Morgan fingerprint density at radius 2 is 1.89 bits per heavy atom. The van der Waals surface area contributed by atoms with Crippen molar-refractivity contribution in [2.45, 2.75) is 4.90 Å². The van der Waals surface area contributed by atoms with E-state index < -0.39 is 10.0 Å². The second-order valence-corrected chi connectivity index (χ2v) is 5.63. The van der Waals surface area contributed by atoms with Gasteiger partial charge in [0, 0.05) is 11.9 Å². The Kier molecular flexibility index (Phi) is 2.53. The SMILES string of the molecule is O=S1(=O)NCN(c2ccccc2)c2ncccc21. The first kappa shape index (κ1) is 11.2. The van der Waals surface area contributed by atoms with Gasteiger partial charge in [0.15, 0.2) is 5.82 Å². The molecule has 1 N–H and O–H groups in total. The molecular formula is C12H11N3O2S. The standard InChI is InChI=1S/C12H11N3O2S/c16-18(17)11-7-4-8-13-12(11)15(9-14-18)10-5-2-1-3-6-10/h1-8,14H,9H2. The molecule has 92 valence electrons. The average molecular weight is 261 g/mol. The fourth-order valence-electron chi connectivity index (χ4n) is 1.92. The summed E-state index contributed by atoms with van der Waals surface area (Å²) >= 11 is 0. The molecule has 0 atom stereocenters. The Labute approximate surface area is 105 Å². The smallest absolute Gasteiger partial charge is 0.245 e. The van der Waals surface area contributed by atoms with Crippen LogP contribution < -0.4 is 9.62 Å². The van der Waals surface area contributed by atoms with Crippen LogP contribution in [0.3, 0.4) is 0 Å². The molecular weight excluding hydrogens is 250 g/mol. The van der Waals surface area contributed by atoms with Crippen molar-refractivity contribution in [3.8, 4) is 0 Å². The largest absolute Gasteiger partial charge is 0.311 e. The molecule has 0 saturated carbocycles. The van der Waals surface area contributed by atoms with Crippen molar-refractivity contribution in [3.05, 3.63) is 48.7 Å². The quantitative estimate of drug-likeness (QED) is 0.844. The molecule has 0 spiro atoms. The van der Waals surface area contributed by atoms with E-state index in [1.165, 1.54) is 0 Å². The Morgan fingerprint density at radius 1 is 1.11 bits per heavy atom. The topological polar surface area (TPSA) is 62.3 Å². The predicted molar refractivity (Wildman–Crippen MR) is 68.0 cm³/mol.